The third-order valence-electron chi connectivity index (χ3n) is 3.54. The molecule has 0 aliphatic carbocycles. The van der Waals surface area contributed by atoms with Crippen LogP contribution in [-0.2, 0) is 4.79 Å². The fourth-order valence-electron chi connectivity index (χ4n) is 2.41. The molecule has 0 unspecified atom stereocenters. The number of nitrogens with zero attached hydrogens (tertiary/aromatic N) is 1. The van der Waals surface area contributed by atoms with Gasteiger partial charge < -0.3 is 0 Å². The number of amides is 1. The maximum absolute atomic E-state index is 12.7. The molecule has 0 radical (unpaired) electrons. The number of amidine groups is 1. The van der Waals surface area contributed by atoms with Crippen LogP contribution in [0.4, 0.5) is 5.69 Å². The highest BCUT2D eigenvalue weighted by atomic mass is 35.5. The van der Waals surface area contributed by atoms with Crippen molar-refractivity contribution in [3.05, 3.63) is 80.7 Å². The molecule has 0 atom stereocenters. The Hall–Kier alpha value is -2.01. The molecule has 1 heterocycles. The minimum absolute atomic E-state index is 0.141. The van der Waals surface area contributed by atoms with Crippen molar-refractivity contribution >= 4 is 57.8 Å². The fraction of sp³-hybridized carbons (Fsp3) is 0.0526. The van der Waals surface area contributed by atoms with E-state index >= 15 is 0 Å². The quantitative estimate of drug-likeness (QED) is 0.655. The van der Waals surface area contributed by atoms with Crippen molar-refractivity contribution < 1.29 is 4.79 Å². The van der Waals surface area contributed by atoms with Crippen LogP contribution in [0.15, 0.2) is 65.1 Å². The number of carbonyl (C=O) groups is 1. The molecule has 0 aromatic heterocycles. The van der Waals surface area contributed by atoms with E-state index in [1.54, 1.807) is 24.3 Å². The lowest BCUT2D eigenvalue weighted by molar-refractivity contribution is -0.113. The molecule has 0 saturated carbocycles. The normalized spacial score (nSPS) is 16.8. The molecule has 1 aliphatic heterocycles. The first-order valence-electron chi connectivity index (χ1n) is 7.46. The minimum atomic E-state index is -0.241. The zero-order chi connectivity index (χ0) is 18.0. The van der Waals surface area contributed by atoms with Crippen LogP contribution in [0.3, 0.4) is 0 Å². The first-order valence-corrected chi connectivity index (χ1v) is 9.04. The highest BCUT2D eigenvalue weighted by Crippen LogP contribution is 2.36. The molecule has 1 N–H and O–H groups in total. The Bertz CT molecular complexity index is 907. The molecule has 3 nitrogen and oxygen atoms in total. The first-order chi connectivity index (χ1) is 12.0. The molecule has 1 aliphatic rings. The van der Waals surface area contributed by atoms with Crippen molar-refractivity contribution in [2.75, 3.05) is 4.90 Å². The van der Waals surface area contributed by atoms with Crippen LogP contribution in [0.25, 0.3) is 6.08 Å². The third kappa shape index (κ3) is 3.98. The Balaban J connectivity index is 1.88. The van der Waals surface area contributed by atoms with E-state index in [0.29, 0.717) is 20.6 Å². The summed E-state index contributed by atoms with van der Waals surface area (Å²) in [4.78, 5) is 14.5. The zero-order valence-electron chi connectivity index (χ0n) is 13.3. The van der Waals surface area contributed by atoms with E-state index in [9.17, 15) is 4.79 Å². The van der Waals surface area contributed by atoms with E-state index in [-0.39, 0.29) is 11.1 Å². The number of halogens is 2. The van der Waals surface area contributed by atoms with Gasteiger partial charge >= 0.3 is 0 Å². The molecule has 2 aromatic carbocycles. The average Bonchev–Trinajstić information content (AvgIpc) is 2.85. The van der Waals surface area contributed by atoms with Crippen LogP contribution in [0.1, 0.15) is 12.5 Å². The highest BCUT2D eigenvalue weighted by Gasteiger charge is 2.33. The maximum Gasteiger partial charge on any atom is 0.271 e. The molecule has 1 saturated heterocycles. The largest absolute Gasteiger partial charge is 0.278 e. The lowest BCUT2D eigenvalue weighted by Gasteiger charge is -2.14. The maximum atomic E-state index is 12.7. The molecule has 1 fully saturated rings. The number of rotatable bonds is 3. The van der Waals surface area contributed by atoms with Gasteiger partial charge in [0.2, 0.25) is 0 Å². The van der Waals surface area contributed by atoms with Gasteiger partial charge in [-0.3, -0.25) is 15.1 Å². The fourth-order valence-corrected chi connectivity index (χ4v) is 3.61. The van der Waals surface area contributed by atoms with Crippen LogP contribution < -0.4 is 4.90 Å². The van der Waals surface area contributed by atoms with Crippen molar-refractivity contribution in [2.24, 2.45) is 0 Å². The highest BCUT2D eigenvalue weighted by molar-refractivity contribution is 8.19. The van der Waals surface area contributed by atoms with E-state index in [4.69, 9.17) is 28.6 Å². The predicted molar refractivity (Wildman–Crippen MR) is 107 cm³/mol. The third-order valence-corrected chi connectivity index (χ3v) is 5.16. The molecule has 3 rings (SSSR count). The van der Waals surface area contributed by atoms with E-state index in [1.165, 1.54) is 4.90 Å². The first kappa shape index (κ1) is 17.8. The number of nitrogens with one attached hydrogen (secondary N) is 1. The second-order valence-electron chi connectivity index (χ2n) is 5.45. The summed E-state index contributed by atoms with van der Waals surface area (Å²) in [6.07, 6.45) is 3.79. The summed E-state index contributed by atoms with van der Waals surface area (Å²) in [6.45, 7) is 1.93. The molecule has 126 valence electrons. The van der Waals surface area contributed by atoms with Crippen molar-refractivity contribution in [3.63, 3.8) is 0 Å². The molecular weight excluding hydrogens is 375 g/mol. The van der Waals surface area contributed by atoms with Gasteiger partial charge in [-0.1, -0.05) is 59.6 Å². The van der Waals surface area contributed by atoms with Gasteiger partial charge in [0.05, 0.1) is 20.6 Å². The molecular formula is C19H14Cl2N2OS. The Labute approximate surface area is 160 Å². The van der Waals surface area contributed by atoms with Gasteiger partial charge in [-0.2, -0.15) is 0 Å². The van der Waals surface area contributed by atoms with Gasteiger partial charge in [0, 0.05) is 0 Å². The van der Waals surface area contributed by atoms with E-state index < -0.39 is 0 Å². The number of benzene rings is 2. The summed E-state index contributed by atoms with van der Waals surface area (Å²) in [6, 6.07) is 14.8. The molecule has 6 heteroatoms. The van der Waals surface area contributed by atoms with Crippen molar-refractivity contribution in [1.29, 1.82) is 5.41 Å². The standard InChI is InChI=1S/C19H14Cl2N2OS/c1-12(9-13-5-3-2-4-6-13)10-17-18(24)23(19(22)25-17)14-7-8-15(20)16(21)11-14/h2-11,22H,1H3/b12-9+,17-10-,22-19?. The van der Waals surface area contributed by atoms with E-state index in [1.807, 2.05) is 43.3 Å². The topological polar surface area (TPSA) is 44.2 Å². The van der Waals surface area contributed by atoms with Gasteiger partial charge in [-0.25, -0.2) is 0 Å². The van der Waals surface area contributed by atoms with Gasteiger partial charge in [-0.15, -0.1) is 0 Å². The summed E-state index contributed by atoms with van der Waals surface area (Å²) in [5.74, 6) is -0.241. The lowest BCUT2D eigenvalue weighted by atomic mass is 10.1. The molecule has 2 aromatic rings. The Morgan fingerprint density at radius 1 is 1.12 bits per heavy atom. The Morgan fingerprint density at radius 3 is 2.52 bits per heavy atom. The van der Waals surface area contributed by atoms with Crippen LogP contribution in [0, 0.1) is 5.41 Å². The summed E-state index contributed by atoms with van der Waals surface area (Å²) >= 11 is 13.1. The smallest absolute Gasteiger partial charge is 0.271 e. The second kappa shape index (κ2) is 7.48. The predicted octanol–water partition coefficient (Wildman–Crippen LogP) is 6.00. The van der Waals surface area contributed by atoms with Crippen molar-refractivity contribution in [1.82, 2.24) is 0 Å². The van der Waals surface area contributed by atoms with Gasteiger partial charge in [0.15, 0.2) is 5.17 Å². The van der Waals surface area contributed by atoms with Crippen molar-refractivity contribution in [2.45, 2.75) is 6.92 Å². The lowest BCUT2D eigenvalue weighted by Crippen LogP contribution is -2.28. The second-order valence-corrected chi connectivity index (χ2v) is 7.30. The zero-order valence-corrected chi connectivity index (χ0v) is 15.6. The number of thioether (sulfide) groups is 1. The number of allylic oxidation sites excluding steroid dienone is 2. The summed E-state index contributed by atoms with van der Waals surface area (Å²) in [7, 11) is 0. The van der Waals surface area contributed by atoms with Gasteiger partial charge in [0.25, 0.3) is 5.91 Å². The van der Waals surface area contributed by atoms with Crippen LogP contribution in [-0.4, -0.2) is 11.1 Å². The molecule has 0 spiro atoms. The van der Waals surface area contributed by atoms with Gasteiger partial charge in [-0.05, 0) is 54.1 Å². The molecule has 25 heavy (non-hydrogen) atoms. The molecule has 0 bridgehead atoms. The minimum Gasteiger partial charge on any atom is -0.278 e. The van der Waals surface area contributed by atoms with E-state index in [2.05, 4.69) is 0 Å². The Morgan fingerprint density at radius 2 is 1.84 bits per heavy atom. The summed E-state index contributed by atoms with van der Waals surface area (Å²) in [5, 5.41) is 9.03. The average molecular weight is 389 g/mol. The van der Waals surface area contributed by atoms with E-state index in [0.717, 1.165) is 22.9 Å². The van der Waals surface area contributed by atoms with Crippen LogP contribution in [0.2, 0.25) is 10.0 Å². The molecule has 1 amide bonds. The van der Waals surface area contributed by atoms with Gasteiger partial charge in [0.1, 0.15) is 0 Å². The Kier molecular flexibility index (Phi) is 5.33. The van der Waals surface area contributed by atoms with Crippen LogP contribution in [0.5, 0.6) is 0 Å². The van der Waals surface area contributed by atoms with Crippen LogP contribution >= 0.6 is 35.0 Å². The SMILES string of the molecule is CC(/C=C1\SC(=N)N(c2ccc(Cl)c(Cl)c2)C1=O)=C\c1ccccc1. The summed E-state index contributed by atoms with van der Waals surface area (Å²) < 4.78 is 0. The monoisotopic (exact) mass is 388 g/mol. The number of carbonyl (C=O) groups excluding carboxylic acids is 1. The number of anilines is 1. The summed E-state index contributed by atoms with van der Waals surface area (Å²) in [5.41, 5.74) is 2.53. The number of hydrogen-bond donors (Lipinski definition) is 1. The van der Waals surface area contributed by atoms with Crippen molar-refractivity contribution in [3.8, 4) is 0 Å². The number of hydrogen-bond acceptors (Lipinski definition) is 3.